The third kappa shape index (κ3) is 2.49. The zero-order valence-corrected chi connectivity index (χ0v) is 10.5. The standard InChI is InChI=1S/C14H11ClO3/c1-2-3-4-9-6-12(15)7-10-5-11(14(16)17)8-18-13(9)10/h5-7H,2,8H2,1H3,(H,16,17). The molecule has 1 aromatic carbocycles. The van der Waals surface area contributed by atoms with E-state index < -0.39 is 5.97 Å². The molecule has 0 aliphatic carbocycles. The van der Waals surface area contributed by atoms with Gasteiger partial charge in [0.25, 0.3) is 0 Å². The van der Waals surface area contributed by atoms with Gasteiger partial charge in [0.1, 0.15) is 12.4 Å². The lowest BCUT2D eigenvalue weighted by molar-refractivity contribution is -0.132. The molecule has 0 saturated heterocycles. The van der Waals surface area contributed by atoms with Gasteiger partial charge in [-0.1, -0.05) is 30.4 Å². The van der Waals surface area contributed by atoms with Crippen LogP contribution in [0.3, 0.4) is 0 Å². The molecule has 4 heteroatoms. The van der Waals surface area contributed by atoms with Gasteiger partial charge in [-0.2, -0.15) is 0 Å². The number of carbonyl (C=O) groups is 1. The maximum Gasteiger partial charge on any atom is 0.335 e. The Labute approximate surface area is 110 Å². The fourth-order valence-electron chi connectivity index (χ4n) is 1.66. The molecule has 0 unspecified atom stereocenters. The smallest absolute Gasteiger partial charge is 0.335 e. The van der Waals surface area contributed by atoms with E-state index in [0.29, 0.717) is 21.9 Å². The van der Waals surface area contributed by atoms with Gasteiger partial charge in [-0.05, 0) is 18.2 Å². The molecule has 0 bridgehead atoms. The Hall–Kier alpha value is -1.92. The molecule has 1 N–H and O–H groups in total. The van der Waals surface area contributed by atoms with Crippen molar-refractivity contribution in [2.45, 2.75) is 13.3 Å². The molecule has 0 aromatic heterocycles. The van der Waals surface area contributed by atoms with Crippen LogP contribution in [0.25, 0.3) is 6.08 Å². The molecule has 0 atom stereocenters. The fraction of sp³-hybridized carbons (Fsp3) is 0.214. The molecule has 0 amide bonds. The highest BCUT2D eigenvalue weighted by Gasteiger charge is 2.19. The van der Waals surface area contributed by atoms with Gasteiger partial charge in [0.15, 0.2) is 0 Å². The van der Waals surface area contributed by atoms with Crippen LogP contribution < -0.4 is 4.74 Å². The predicted octanol–water partition coefficient (Wildman–Crippen LogP) is 2.96. The number of carboxylic acid groups (broad SMARTS) is 1. The first kappa shape index (κ1) is 12.5. The van der Waals surface area contributed by atoms with Crippen LogP contribution in [0, 0.1) is 11.8 Å². The van der Waals surface area contributed by atoms with Gasteiger partial charge in [0.05, 0.1) is 11.1 Å². The Balaban J connectivity index is 2.53. The van der Waals surface area contributed by atoms with Gasteiger partial charge in [-0.25, -0.2) is 4.79 Å². The molecule has 18 heavy (non-hydrogen) atoms. The number of fused-ring (bicyclic) bond motifs is 1. The number of ether oxygens (including phenoxy) is 1. The molecule has 2 rings (SSSR count). The first-order chi connectivity index (χ1) is 8.61. The predicted molar refractivity (Wildman–Crippen MR) is 69.7 cm³/mol. The highest BCUT2D eigenvalue weighted by atomic mass is 35.5. The minimum atomic E-state index is -0.984. The van der Waals surface area contributed by atoms with Gasteiger partial charge in [-0.3, -0.25) is 0 Å². The van der Waals surface area contributed by atoms with E-state index in [4.69, 9.17) is 21.4 Å². The van der Waals surface area contributed by atoms with E-state index >= 15 is 0 Å². The number of halogens is 1. The minimum Gasteiger partial charge on any atom is -0.487 e. The Kier molecular flexibility index (Phi) is 3.59. The van der Waals surface area contributed by atoms with Crippen LogP contribution in [-0.2, 0) is 4.79 Å². The Morgan fingerprint density at radius 3 is 3.00 bits per heavy atom. The van der Waals surface area contributed by atoms with E-state index in [9.17, 15) is 4.79 Å². The molecule has 1 aliphatic rings. The second-order valence-electron chi connectivity index (χ2n) is 3.79. The van der Waals surface area contributed by atoms with Crippen LogP contribution in [-0.4, -0.2) is 17.7 Å². The highest BCUT2D eigenvalue weighted by Crippen LogP contribution is 2.32. The quantitative estimate of drug-likeness (QED) is 0.792. The van der Waals surface area contributed by atoms with Gasteiger partial charge in [-0.15, -0.1) is 0 Å². The summed E-state index contributed by atoms with van der Waals surface area (Å²) < 4.78 is 5.47. The number of carboxylic acids is 1. The van der Waals surface area contributed by atoms with Crippen LogP contribution in [0.1, 0.15) is 24.5 Å². The summed E-state index contributed by atoms with van der Waals surface area (Å²) in [4.78, 5) is 10.9. The number of benzene rings is 1. The van der Waals surface area contributed by atoms with Crippen molar-refractivity contribution in [2.75, 3.05) is 6.61 Å². The maximum absolute atomic E-state index is 10.9. The van der Waals surface area contributed by atoms with E-state index in [2.05, 4.69) is 11.8 Å². The summed E-state index contributed by atoms with van der Waals surface area (Å²) in [5.41, 5.74) is 1.56. The molecular formula is C14H11ClO3. The van der Waals surface area contributed by atoms with Crippen molar-refractivity contribution in [2.24, 2.45) is 0 Å². The highest BCUT2D eigenvalue weighted by molar-refractivity contribution is 6.31. The van der Waals surface area contributed by atoms with Gasteiger partial charge in [0, 0.05) is 17.0 Å². The van der Waals surface area contributed by atoms with Crippen LogP contribution in [0.15, 0.2) is 17.7 Å². The molecule has 92 valence electrons. The Morgan fingerprint density at radius 1 is 1.56 bits per heavy atom. The molecule has 0 spiro atoms. The molecule has 0 fully saturated rings. The van der Waals surface area contributed by atoms with Crippen molar-refractivity contribution >= 4 is 23.6 Å². The zero-order valence-electron chi connectivity index (χ0n) is 9.79. The van der Waals surface area contributed by atoms with Crippen molar-refractivity contribution in [3.8, 4) is 17.6 Å². The third-order valence-corrected chi connectivity index (χ3v) is 2.68. The number of hydrogen-bond acceptors (Lipinski definition) is 2. The minimum absolute atomic E-state index is 0.0464. The summed E-state index contributed by atoms with van der Waals surface area (Å²) in [5.74, 6) is 5.54. The van der Waals surface area contributed by atoms with E-state index in [1.54, 1.807) is 18.2 Å². The fourth-order valence-corrected chi connectivity index (χ4v) is 1.89. The normalized spacial score (nSPS) is 12.7. The monoisotopic (exact) mass is 262 g/mol. The summed E-state index contributed by atoms with van der Waals surface area (Å²) >= 11 is 5.99. The largest absolute Gasteiger partial charge is 0.487 e. The van der Waals surface area contributed by atoms with E-state index in [1.807, 2.05) is 6.92 Å². The average molecular weight is 263 g/mol. The third-order valence-electron chi connectivity index (χ3n) is 2.46. The lowest BCUT2D eigenvalue weighted by Crippen LogP contribution is -2.15. The second-order valence-corrected chi connectivity index (χ2v) is 4.23. The first-order valence-corrected chi connectivity index (χ1v) is 5.88. The Morgan fingerprint density at radius 2 is 2.33 bits per heavy atom. The molecule has 0 radical (unpaired) electrons. The van der Waals surface area contributed by atoms with Gasteiger partial charge >= 0.3 is 5.97 Å². The first-order valence-electron chi connectivity index (χ1n) is 5.51. The lowest BCUT2D eigenvalue weighted by atomic mass is 10.0. The number of hydrogen-bond donors (Lipinski definition) is 1. The van der Waals surface area contributed by atoms with Crippen LogP contribution >= 0.6 is 11.6 Å². The SMILES string of the molecule is CCC#Cc1cc(Cl)cc2c1OCC(C(=O)O)=C2. The Bertz CT molecular complexity index is 591. The van der Waals surface area contributed by atoms with Crippen molar-refractivity contribution in [3.05, 3.63) is 33.9 Å². The summed E-state index contributed by atoms with van der Waals surface area (Å²) in [6.07, 6.45) is 2.31. The molecule has 1 heterocycles. The summed E-state index contributed by atoms with van der Waals surface area (Å²) in [5, 5.41) is 9.45. The number of aliphatic carboxylic acids is 1. The topological polar surface area (TPSA) is 46.5 Å². The van der Waals surface area contributed by atoms with Gasteiger partial charge < -0.3 is 9.84 Å². The second kappa shape index (κ2) is 5.16. The van der Waals surface area contributed by atoms with E-state index in [-0.39, 0.29) is 12.2 Å². The van der Waals surface area contributed by atoms with Crippen LogP contribution in [0.2, 0.25) is 5.02 Å². The lowest BCUT2D eigenvalue weighted by Gasteiger charge is -2.17. The average Bonchev–Trinajstić information content (AvgIpc) is 2.34. The molecule has 3 nitrogen and oxygen atoms in total. The van der Waals surface area contributed by atoms with Crippen LogP contribution in [0.4, 0.5) is 0 Å². The summed E-state index contributed by atoms with van der Waals surface area (Å²) in [6, 6.07) is 3.40. The molecular weight excluding hydrogens is 252 g/mol. The van der Waals surface area contributed by atoms with Crippen molar-refractivity contribution in [1.82, 2.24) is 0 Å². The summed E-state index contributed by atoms with van der Waals surface area (Å²) in [7, 11) is 0. The summed E-state index contributed by atoms with van der Waals surface area (Å²) in [6.45, 7) is 2.00. The van der Waals surface area contributed by atoms with Crippen molar-refractivity contribution < 1.29 is 14.6 Å². The zero-order chi connectivity index (χ0) is 13.1. The van der Waals surface area contributed by atoms with Gasteiger partial charge in [0.2, 0.25) is 0 Å². The van der Waals surface area contributed by atoms with Crippen LogP contribution in [0.5, 0.6) is 5.75 Å². The van der Waals surface area contributed by atoms with E-state index in [1.165, 1.54) is 0 Å². The van der Waals surface area contributed by atoms with Crippen molar-refractivity contribution in [1.29, 1.82) is 0 Å². The van der Waals surface area contributed by atoms with E-state index in [0.717, 1.165) is 6.42 Å². The van der Waals surface area contributed by atoms with Crippen molar-refractivity contribution in [3.63, 3.8) is 0 Å². The number of rotatable bonds is 1. The molecule has 0 saturated carbocycles. The maximum atomic E-state index is 10.9. The molecule has 1 aromatic rings. The molecule has 1 aliphatic heterocycles.